The highest BCUT2D eigenvalue weighted by Gasteiger charge is 2.38. The zero-order chi connectivity index (χ0) is 18.3. The molecule has 1 aliphatic rings. The van der Waals surface area contributed by atoms with Crippen molar-refractivity contribution < 1.29 is 17.6 Å². The quantitative estimate of drug-likeness (QED) is 0.686. The van der Waals surface area contributed by atoms with Crippen LogP contribution in [0.15, 0.2) is 51.4 Å². The molecule has 0 radical (unpaired) electrons. The van der Waals surface area contributed by atoms with Gasteiger partial charge in [0.1, 0.15) is 0 Å². The summed E-state index contributed by atoms with van der Waals surface area (Å²) in [6, 6.07) is 10.2. The Kier molecular flexibility index (Phi) is 4.00. The molecule has 0 saturated carbocycles. The van der Waals surface area contributed by atoms with Crippen molar-refractivity contribution in [3.8, 4) is 0 Å². The molecule has 1 amide bonds. The Balaban J connectivity index is 1.62. The van der Waals surface area contributed by atoms with Gasteiger partial charge in [-0.25, -0.2) is 0 Å². The number of para-hydroxylation sites is 1. The summed E-state index contributed by atoms with van der Waals surface area (Å²) in [7, 11) is -3.87. The molecule has 26 heavy (non-hydrogen) atoms. The highest BCUT2D eigenvalue weighted by Crippen LogP contribution is 2.37. The van der Waals surface area contributed by atoms with Gasteiger partial charge in [-0.15, -0.1) is 10.2 Å². The molecule has 10 heteroatoms. The van der Waals surface area contributed by atoms with Crippen molar-refractivity contribution in [1.82, 2.24) is 10.2 Å². The molecule has 1 aliphatic heterocycles. The number of nitrogens with one attached hydrogen (secondary N) is 1. The maximum Gasteiger partial charge on any atom is 0.293 e. The van der Waals surface area contributed by atoms with Gasteiger partial charge in [0.25, 0.3) is 20.3 Å². The lowest BCUT2D eigenvalue weighted by molar-refractivity contribution is 0.0996. The monoisotopic (exact) mass is 390 g/mol. The second-order valence-corrected chi connectivity index (χ2v) is 8.75. The first-order valence-electron chi connectivity index (χ1n) is 7.77. The summed E-state index contributed by atoms with van der Waals surface area (Å²) >= 11 is 0.804. The van der Waals surface area contributed by atoms with Crippen molar-refractivity contribution >= 4 is 38.1 Å². The van der Waals surface area contributed by atoms with Gasteiger partial charge < -0.3 is 4.42 Å². The maximum atomic E-state index is 13.0. The fourth-order valence-corrected chi connectivity index (χ4v) is 5.59. The van der Waals surface area contributed by atoms with Crippen molar-refractivity contribution in [2.45, 2.75) is 23.7 Å². The van der Waals surface area contributed by atoms with Crippen molar-refractivity contribution in [2.24, 2.45) is 0 Å². The van der Waals surface area contributed by atoms with Crippen molar-refractivity contribution in [2.75, 3.05) is 9.62 Å². The molecule has 2 aromatic heterocycles. The number of benzene rings is 1. The van der Waals surface area contributed by atoms with Crippen molar-refractivity contribution in [3.05, 3.63) is 54.0 Å². The number of carbonyl (C=O) groups excluding carboxylic acids is 1. The van der Waals surface area contributed by atoms with Gasteiger partial charge >= 0.3 is 0 Å². The van der Waals surface area contributed by atoms with Gasteiger partial charge in [0.2, 0.25) is 5.13 Å². The van der Waals surface area contributed by atoms with Crippen LogP contribution in [0.1, 0.15) is 23.0 Å². The molecule has 1 N–H and O–H groups in total. The summed E-state index contributed by atoms with van der Waals surface area (Å²) in [5, 5.41) is 10.1. The Labute approximate surface area is 153 Å². The van der Waals surface area contributed by atoms with E-state index in [-0.39, 0.29) is 21.3 Å². The minimum absolute atomic E-state index is 0.0881. The number of hydrogen-bond acceptors (Lipinski definition) is 7. The molecule has 3 aromatic rings. The highest BCUT2D eigenvalue weighted by atomic mass is 32.2. The van der Waals surface area contributed by atoms with Crippen LogP contribution in [0.25, 0.3) is 0 Å². The van der Waals surface area contributed by atoms with Crippen LogP contribution in [-0.4, -0.2) is 30.6 Å². The normalized spacial score (nSPS) is 16.5. The molecule has 1 unspecified atom stereocenters. The van der Waals surface area contributed by atoms with Crippen LogP contribution >= 0.6 is 11.3 Å². The first-order chi connectivity index (χ1) is 12.5. The highest BCUT2D eigenvalue weighted by molar-refractivity contribution is 7.94. The second kappa shape index (κ2) is 6.22. The predicted octanol–water partition coefficient (Wildman–Crippen LogP) is 2.52. The van der Waals surface area contributed by atoms with E-state index >= 15 is 0 Å². The van der Waals surface area contributed by atoms with Crippen LogP contribution in [-0.2, 0) is 16.4 Å². The number of fused-ring (bicyclic) bond motifs is 1. The fourth-order valence-electron chi connectivity index (χ4n) is 2.92. The van der Waals surface area contributed by atoms with Gasteiger partial charge in [-0.3, -0.25) is 14.4 Å². The Hall–Kier alpha value is -2.72. The molecule has 0 bridgehead atoms. The van der Waals surface area contributed by atoms with E-state index < -0.39 is 15.9 Å². The molecule has 0 fully saturated rings. The zero-order valence-electron chi connectivity index (χ0n) is 13.6. The van der Waals surface area contributed by atoms with Crippen molar-refractivity contribution in [1.29, 1.82) is 0 Å². The topological polar surface area (TPSA) is 105 Å². The lowest BCUT2D eigenvalue weighted by Gasteiger charge is -2.22. The third-order valence-electron chi connectivity index (χ3n) is 4.00. The van der Waals surface area contributed by atoms with E-state index in [0.29, 0.717) is 12.1 Å². The number of sulfonamides is 1. The average Bonchev–Trinajstić information content (AvgIpc) is 3.33. The van der Waals surface area contributed by atoms with Gasteiger partial charge in [0.05, 0.1) is 12.0 Å². The van der Waals surface area contributed by atoms with Gasteiger partial charge in [0, 0.05) is 6.04 Å². The van der Waals surface area contributed by atoms with Crippen molar-refractivity contribution in [3.63, 3.8) is 0 Å². The Bertz CT molecular complexity index is 1060. The van der Waals surface area contributed by atoms with E-state index in [9.17, 15) is 13.2 Å². The summed E-state index contributed by atoms with van der Waals surface area (Å²) in [6.07, 6.45) is 2.01. The number of aromatic nitrogens is 2. The predicted molar refractivity (Wildman–Crippen MR) is 95.8 cm³/mol. The minimum atomic E-state index is -3.87. The number of furan rings is 1. The van der Waals surface area contributed by atoms with E-state index in [1.165, 1.54) is 16.6 Å². The number of nitrogens with zero attached hydrogens (tertiary/aromatic N) is 3. The molecule has 8 nitrogen and oxygen atoms in total. The van der Waals surface area contributed by atoms with Crippen LogP contribution in [0.2, 0.25) is 0 Å². The van der Waals surface area contributed by atoms with Gasteiger partial charge in [-0.1, -0.05) is 29.5 Å². The van der Waals surface area contributed by atoms with Crippen LogP contribution < -0.4 is 9.62 Å². The summed E-state index contributed by atoms with van der Waals surface area (Å²) < 4.78 is 32.3. The van der Waals surface area contributed by atoms with Gasteiger partial charge in [-0.2, -0.15) is 8.42 Å². The molecule has 0 saturated heterocycles. The molecule has 0 aliphatic carbocycles. The van der Waals surface area contributed by atoms with E-state index in [4.69, 9.17) is 4.42 Å². The summed E-state index contributed by atoms with van der Waals surface area (Å²) in [5.41, 5.74) is 1.62. The Morgan fingerprint density at radius 3 is 2.85 bits per heavy atom. The first-order valence-corrected chi connectivity index (χ1v) is 10.0. The zero-order valence-corrected chi connectivity index (χ0v) is 15.3. The lowest BCUT2D eigenvalue weighted by atomic mass is 10.1. The van der Waals surface area contributed by atoms with Crippen LogP contribution in [0, 0.1) is 0 Å². The fraction of sp³-hybridized carbons (Fsp3) is 0.188. The third kappa shape index (κ3) is 2.76. The van der Waals surface area contributed by atoms with Crippen LogP contribution in [0.5, 0.6) is 0 Å². The second-order valence-electron chi connectivity index (χ2n) is 5.79. The molecule has 1 aromatic carbocycles. The third-order valence-corrected chi connectivity index (χ3v) is 7.11. The number of amides is 1. The van der Waals surface area contributed by atoms with E-state index in [1.54, 1.807) is 18.2 Å². The largest absolute Gasteiger partial charge is 0.459 e. The number of anilines is 2. The Morgan fingerprint density at radius 1 is 1.27 bits per heavy atom. The lowest BCUT2D eigenvalue weighted by Crippen LogP contribution is -2.35. The van der Waals surface area contributed by atoms with Gasteiger partial charge in [-0.05, 0) is 37.1 Å². The van der Waals surface area contributed by atoms with E-state index in [2.05, 4.69) is 15.5 Å². The molecular formula is C16H14N4O4S2. The summed E-state index contributed by atoms with van der Waals surface area (Å²) in [4.78, 5) is 12.0. The first kappa shape index (κ1) is 16.7. The number of hydrogen-bond donors (Lipinski definition) is 1. The standard InChI is InChI=1S/C16H14N4O4S2/c1-10-9-11-5-2-3-6-12(11)20(10)26(22,23)16-19-18-15(25-16)17-14(21)13-7-4-8-24-13/h2-8,10H,9H2,1H3,(H,17,18,21). The molecule has 3 heterocycles. The Morgan fingerprint density at radius 2 is 2.08 bits per heavy atom. The van der Waals surface area contributed by atoms with Gasteiger partial charge in [0.15, 0.2) is 5.76 Å². The van der Waals surface area contributed by atoms with E-state index in [0.717, 1.165) is 16.9 Å². The number of carbonyl (C=O) groups is 1. The molecule has 134 valence electrons. The minimum Gasteiger partial charge on any atom is -0.459 e. The van der Waals surface area contributed by atoms with E-state index in [1.807, 2.05) is 19.1 Å². The van der Waals surface area contributed by atoms with Crippen LogP contribution in [0.4, 0.5) is 10.8 Å². The average molecular weight is 390 g/mol. The molecule has 0 spiro atoms. The summed E-state index contributed by atoms with van der Waals surface area (Å²) in [5.74, 6) is -0.415. The smallest absolute Gasteiger partial charge is 0.293 e. The molecular weight excluding hydrogens is 376 g/mol. The summed E-state index contributed by atoms with van der Waals surface area (Å²) in [6.45, 7) is 1.85. The molecule has 4 rings (SSSR count). The SMILES string of the molecule is CC1Cc2ccccc2N1S(=O)(=O)c1nnc(NC(=O)c2ccco2)s1. The molecule has 1 atom stereocenters. The van der Waals surface area contributed by atoms with Crippen LogP contribution in [0.3, 0.4) is 0 Å². The maximum absolute atomic E-state index is 13.0. The number of rotatable bonds is 4.